The lowest BCUT2D eigenvalue weighted by atomic mass is 10.1. The predicted molar refractivity (Wildman–Crippen MR) is 103 cm³/mol. The van der Waals surface area contributed by atoms with E-state index in [2.05, 4.69) is 21.8 Å². The SMILES string of the molecule is C#C/C(=C\N=C(/C)C(=O)O/C(C#C)=N/C=C(C)C)c1ccc(C(F)(F)F)cc1. The molecular weight excluding hydrogens is 369 g/mol. The Morgan fingerprint density at radius 2 is 1.64 bits per heavy atom. The van der Waals surface area contributed by atoms with Gasteiger partial charge < -0.3 is 4.74 Å². The summed E-state index contributed by atoms with van der Waals surface area (Å²) < 4.78 is 42.8. The Balaban J connectivity index is 3.01. The molecule has 1 aromatic rings. The second-order valence-electron chi connectivity index (χ2n) is 5.65. The minimum Gasteiger partial charge on any atom is -0.395 e. The lowest BCUT2D eigenvalue weighted by Gasteiger charge is -2.07. The number of hydrogen-bond donors (Lipinski definition) is 0. The Morgan fingerprint density at radius 3 is 2.11 bits per heavy atom. The van der Waals surface area contributed by atoms with Gasteiger partial charge in [0.1, 0.15) is 5.71 Å². The number of hydrogen-bond acceptors (Lipinski definition) is 4. The normalized spacial score (nSPS) is 12.6. The van der Waals surface area contributed by atoms with Crippen molar-refractivity contribution in [2.75, 3.05) is 0 Å². The summed E-state index contributed by atoms with van der Waals surface area (Å²) in [5.41, 5.74) is 0.520. The monoisotopic (exact) mass is 386 g/mol. The fourth-order valence-electron chi connectivity index (χ4n) is 1.69. The number of carbonyl (C=O) groups is 1. The summed E-state index contributed by atoms with van der Waals surface area (Å²) >= 11 is 0. The number of aliphatic imine (C=N–C) groups is 2. The largest absolute Gasteiger partial charge is 0.416 e. The van der Waals surface area contributed by atoms with Gasteiger partial charge in [0.25, 0.3) is 5.90 Å². The van der Waals surface area contributed by atoms with Crippen molar-refractivity contribution in [2.45, 2.75) is 26.9 Å². The number of esters is 1. The second-order valence-corrected chi connectivity index (χ2v) is 5.65. The number of alkyl halides is 3. The van der Waals surface area contributed by atoms with Crippen molar-refractivity contribution in [3.63, 3.8) is 0 Å². The average molecular weight is 386 g/mol. The van der Waals surface area contributed by atoms with E-state index in [1.165, 1.54) is 31.5 Å². The maximum atomic E-state index is 12.6. The van der Waals surface area contributed by atoms with Gasteiger partial charge in [-0.3, -0.25) is 4.99 Å². The van der Waals surface area contributed by atoms with E-state index in [0.29, 0.717) is 5.56 Å². The molecular formula is C21H17F3N2O2. The highest BCUT2D eigenvalue weighted by atomic mass is 19.4. The molecule has 0 aliphatic heterocycles. The Bertz CT molecular complexity index is 932. The number of nitrogens with zero attached hydrogens (tertiary/aromatic N) is 2. The van der Waals surface area contributed by atoms with Crippen LogP contribution in [0.5, 0.6) is 0 Å². The van der Waals surface area contributed by atoms with E-state index >= 15 is 0 Å². The number of benzene rings is 1. The standard InChI is InChI=1S/C21H17F3N2O2/c1-6-16(17-8-10-18(11-9-17)21(22,23)24)13-25-15(5)20(27)28-19(7-2)26-12-14(3)4/h1-2,8-13H,3-5H3/b16-13+,25-15+,26-19+. The van der Waals surface area contributed by atoms with E-state index in [1.54, 1.807) is 13.8 Å². The molecule has 144 valence electrons. The molecule has 0 aliphatic carbocycles. The van der Waals surface area contributed by atoms with Crippen LogP contribution in [0.2, 0.25) is 0 Å². The average Bonchev–Trinajstić information content (AvgIpc) is 2.64. The molecule has 7 heteroatoms. The van der Waals surface area contributed by atoms with Crippen LogP contribution in [0, 0.1) is 24.7 Å². The maximum absolute atomic E-state index is 12.6. The highest BCUT2D eigenvalue weighted by Gasteiger charge is 2.30. The molecule has 0 fully saturated rings. The zero-order chi connectivity index (χ0) is 21.3. The van der Waals surface area contributed by atoms with E-state index in [0.717, 1.165) is 17.7 Å². The van der Waals surface area contributed by atoms with Crippen LogP contribution in [0.15, 0.2) is 52.2 Å². The number of rotatable bonds is 4. The third kappa shape index (κ3) is 6.97. The molecule has 0 atom stereocenters. The summed E-state index contributed by atoms with van der Waals surface area (Å²) in [5.74, 6) is 3.38. The van der Waals surface area contributed by atoms with Gasteiger partial charge in [-0.05, 0) is 44.4 Å². The Hall–Kier alpha value is -3.58. The van der Waals surface area contributed by atoms with Crippen LogP contribution in [-0.2, 0) is 15.7 Å². The Labute approximate surface area is 161 Å². The van der Waals surface area contributed by atoms with Gasteiger partial charge in [0.05, 0.1) is 5.56 Å². The van der Waals surface area contributed by atoms with Crippen LogP contribution in [-0.4, -0.2) is 17.6 Å². The highest BCUT2D eigenvalue weighted by Crippen LogP contribution is 2.30. The predicted octanol–water partition coefficient (Wildman–Crippen LogP) is 4.64. The molecule has 0 heterocycles. The maximum Gasteiger partial charge on any atom is 0.416 e. The molecule has 0 radical (unpaired) electrons. The van der Waals surface area contributed by atoms with E-state index in [4.69, 9.17) is 17.6 Å². The molecule has 1 aromatic carbocycles. The summed E-state index contributed by atoms with van der Waals surface area (Å²) in [7, 11) is 0. The first-order valence-electron chi connectivity index (χ1n) is 7.87. The fraction of sp³-hybridized carbons (Fsp3) is 0.190. The van der Waals surface area contributed by atoms with Crippen LogP contribution in [0.3, 0.4) is 0 Å². The topological polar surface area (TPSA) is 51.0 Å². The molecule has 0 N–H and O–H groups in total. The van der Waals surface area contributed by atoms with Gasteiger partial charge in [0.15, 0.2) is 0 Å². The van der Waals surface area contributed by atoms with E-state index < -0.39 is 17.7 Å². The molecule has 0 bridgehead atoms. The third-order valence-electron chi connectivity index (χ3n) is 3.11. The second kappa shape index (κ2) is 9.94. The van der Waals surface area contributed by atoms with Crippen LogP contribution >= 0.6 is 0 Å². The van der Waals surface area contributed by atoms with Gasteiger partial charge in [0.2, 0.25) is 0 Å². The van der Waals surface area contributed by atoms with Gasteiger partial charge in [-0.2, -0.15) is 13.2 Å². The van der Waals surface area contributed by atoms with Gasteiger partial charge in [-0.1, -0.05) is 23.6 Å². The summed E-state index contributed by atoms with van der Waals surface area (Å²) in [5, 5.41) is 0. The number of allylic oxidation sites excluding steroid dienone is 2. The Kier molecular flexibility index (Phi) is 7.97. The van der Waals surface area contributed by atoms with Crippen molar-refractivity contribution in [1.82, 2.24) is 0 Å². The van der Waals surface area contributed by atoms with Gasteiger partial charge >= 0.3 is 12.1 Å². The molecule has 4 nitrogen and oxygen atoms in total. The van der Waals surface area contributed by atoms with E-state index in [9.17, 15) is 18.0 Å². The molecule has 0 unspecified atom stereocenters. The van der Waals surface area contributed by atoms with Crippen LogP contribution in [0.4, 0.5) is 13.2 Å². The summed E-state index contributed by atoms with van der Waals surface area (Å²) in [6, 6.07) is 4.26. The van der Waals surface area contributed by atoms with Crippen molar-refractivity contribution in [1.29, 1.82) is 0 Å². The summed E-state index contributed by atoms with van der Waals surface area (Å²) in [6.45, 7) is 4.95. The number of terminal acetylenes is 2. The van der Waals surface area contributed by atoms with Gasteiger partial charge in [-0.15, -0.1) is 12.8 Å². The summed E-state index contributed by atoms with van der Waals surface area (Å²) in [4.78, 5) is 19.7. The smallest absolute Gasteiger partial charge is 0.395 e. The molecule has 0 aliphatic rings. The van der Waals surface area contributed by atoms with Crippen molar-refractivity contribution in [2.24, 2.45) is 9.98 Å². The van der Waals surface area contributed by atoms with Crippen LogP contribution in [0.1, 0.15) is 31.9 Å². The molecule has 0 spiro atoms. The molecule has 0 aromatic heterocycles. The zero-order valence-electron chi connectivity index (χ0n) is 15.5. The molecule has 0 amide bonds. The fourth-order valence-corrected chi connectivity index (χ4v) is 1.69. The minimum atomic E-state index is -4.45. The van der Waals surface area contributed by atoms with Crippen molar-refractivity contribution < 1.29 is 22.7 Å². The lowest BCUT2D eigenvalue weighted by molar-refractivity contribution is -0.137. The van der Waals surface area contributed by atoms with E-state index in [1.807, 2.05) is 0 Å². The first-order valence-corrected chi connectivity index (χ1v) is 7.87. The molecule has 0 saturated heterocycles. The molecule has 0 saturated carbocycles. The van der Waals surface area contributed by atoms with Crippen molar-refractivity contribution in [3.8, 4) is 24.7 Å². The number of halogens is 3. The highest BCUT2D eigenvalue weighted by molar-refractivity contribution is 6.37. The van der Waals surface area contributed by atoms with Crippen LogP contribution < -0.4 is 0 Å². The minimum absolute atomic E-state index is 0.0696. The van der Waals surface area contributed by atoms with Gasteiger partial charge in [-0.25, -0.2) is 9.79 Å². The number of carbonyl (C=O) groups excluding carboxylic acids is 1. The zero-order valence-corrected chi connectivity index (χ0v) is 15.5. The first-order chi connectivity index (χ1) is 13.1. The lowest BCUT2D eigenvalue weighted by Crippen LogP contribution is -2.18. The van der Waals surface area contributed by atoms with Crippen LogP contribution in [0.25, 0.3) is 5.57 Å². The Morgan fingerprint density at radius 1 is 1.04 bits per heavy atom. The van der Waals surface area contributed by atoms with Crippen molar-refractivity contribution >= 4 is 23.2 Å². The van der Waals surface area contributed by atoms with Gasteiger partial charge in [0, 0.05) is 18.0 Å². The van der Waals surface area contributed by atoms with E-state index in [-0.39, 0.29) is 17.2 Å². The molecule has 28 heavy (non-hydrogen) atoms. The third-order valence-corrected chi connectivity index (χ3v) is 3.11. The quantitative estimate of drug-likeness (QED) is 0.328. The molecule has 1 rings (SSSR count). The first kappa shape index (κ1) is 22.5. The number of ether oxygens (including phenoxy) is 1. The summed E-state index contributed by atoms with van der Waals surface area (Å²) in [6.07, 6.45) is 8.78. The van der Waals surface area contributed by atoms with Crippen molar-refractivity contribution in [3.05, 3.63) is 53.4 Å².